The highest BCUT2D eigenvalue weighted by Gasteiger charge is 2.43. The molecule has 1 aromatic heterocycles. The van der Waals surface area contributed by atoms with Gasteiger partial charge in [-0.25, -0.2) is 4.79 Å². The van der Waals surface area contributed by atoms with Crippen LogP contribution in [0, 0.1) is 11.8 Å². The quantitative estimate of drug-likeness (QED) is 0.835. The highest BCUT2D eigenvalue weighted by Crippen LogP contribution is 2.40. The van der Waals surface area contributed by atoms with E-state index in [1.807, 2.05) is 6.92 Å². The predicted molar refractivity (Wildman–Crippen MR) is 92.3 cm³/mol. The van der Waals surface area contributed by atoms with Gasteiger partial charge in [0.25, 0.3) is 5.56 Å². The lowest BCUT2D eigenvalue weighted by molar-refractivity contribution is -0.149. The smallest absolute Gasteiger partial charge is 0.332 e. The molecule has 0 fully saturated rings. The van der Waals surface area contributed by atoms with Crippen molar-refractivity contribution < 1.29 is 9.53 Å². The van der Waals surface area contributed by atoms with E-state index in [4.69, 9.17) is 4.74 Å². The lowest BCUT2D eigenvalue weighted by Crippen LogP contribution is -2.50. The van der Waals surface area contributed by atoms with Crippen molar-refractivity contribution in [3.8, 4) is 0 Å². The molecule has 0 aromatic carbocycles. The molecule has 134 valence electrons. The van der Waals surface area contributed by atoms with E-state index >= 15 is 0 Å². The maximum Gasteiger partial charge on any atom is 0.332 e. The lowest BCUT2D eigenvalue weighted by atomic mass is 9.75. The van der Waals surface area contributed by atoms with Crippen LogP contribution in [0.5, 0.6) is 0 Å². The molecule has 7 nitrogen and oxygen atoms in total. The molecular formula is C17H27N3O4. The fourth-order valence-electron chi connectivity index (χ4n) is 3.59. The van der Waals surface area contributed by atoms with Crippen LogP contribution in [0.1, 0.15) is 45.6 Å². The summed E-state index contributed by atoms with van der Waals surface area (Å²) in [4.78, 5) is 37.5. The second kappa shape index (κ2) is 6.83. The van der Waals surface area contributed by atoms with Gasteiger partial charge in [-0.1, -0.05) is 13.8 Å². The van der Waals surface area contributed by atoms with Crippen LogP contribution in [0.15, 0.2) is 9.59 Å². The Labute approximate surface area is 141 Å². The van der Waals surface area contributed by atoms with Crippen molar-refractivity contribution in [2.75, 3.05) is 11.9 Å². The number of aromatic nitrogens is 2. The molecule has 1 aliphatic heterocycles. The second-order valence-corrected chi connectivity index (χ2v) is 6.91. The van der Waals surface area contributed by atoms with Gasteiger partial charge in [0.15, 0.2) is 0 Å². The molecule has 0 radical (unpaired) electrons. The molecule has 2 heterocycles. The van der Waals surface area contributed by atoms with Gasteiger partial charge in [0, 0.05) is 26.1 Å². The number of carbonyl (C=O) groups excluding carboxylic acids is 1. The molecule has 24 heavy (non-hydrogen) atoms. The zero-order valence-electron chi connectivity index (χ0n) is 15.3. The van der Waals surface area contributed by atoms with Gasteiger partial charge in [0.05, 0.1) is 18.1 Å². The number of esters is 1. The van der Waals surface area contributed by atoms with E-state index < -0.39 is 5.92 Å². The van der Waals surface area contributed by atoms with Gasteiger partial charge in [-0.3, -0.25) is 18.7 Å². The Morgan fingerprint density at radius 1 is 1.25 bits per heavy atom. The third kappa shape index (κ3) is 2.99. The predicted octanol–water partition coefficient (Wildman–Crippen LogP) is 1.21. The van der Waals surface area contributed by atoms with Crippen molar-refractivity contribution in [1.82, 2.24) is 9.13 Å². The van der Waals surface area contributed by atoms with E-state index in [9.17, 15) is 14.4 Å². The summed E-state index contributed by atoms with van der Waals surface area (Å²) >= 11 is 0. The van der Waals surface area contributed by atoms with Crippen LogP contribution < -0.4 is 16.6 Å². The molecular weight excluding hydrogens is 310 g/mol. The van der Waals surface area contributed by atoms with Crippen molar-refractivity contribution in [1.29, 1.82) is 0 Å². The molecule has 0 spiro atoms. The molecule has 3 unspecified atom stereocenters. The minimum atomic E-state index is -0.454. The third-order valence-electron chi connectivity index (χ3n) is 4.69. The van der Waals surface area contributed by atoms with Crippen LogP contribution in [0.4, 0.5) is 5.82 Å². The third-order valence-corrected chi connectivity index (χ3v) is 4.69. The zero-order chi connectivity index (χ0) is 18.2. The first-order valence-corrected chi connectivity index (χ1v) is 8.43. The fourth-order valence-corrected chi connectivity index (χ4v) is 3.59. The highest BCUT2D eigenvalue weighted by atomic mass is 16.5. The Morgan fingerprint density at radius 3 is 2.42 bits per heavy atom. The fraction of sp³-hybridized carbons (Fsp3) is 0.706. The summed E-state index contributed by atoms with van der Waals surface area (Å²) < 4.78 is 7.80. The number of anilines is 1. The molecule has 1 aromatic rings. The minimum Gasteiger partial charge on any atom is -0.466 e. The van der Waals surface area contributed by atoms with Gasteiger partial charge < -0.3 is 10.1 Å². The number of nitrogens with one attached hydrogen (secondary N) is 1. The standard InChI is InChI=1S/C17H27N3O4/c1-7-24-16(22)12-10(4)18-14-13(11(12)8-9(2)3)15(21)20(6)17(23)19(14)5/h9-12,18H,7-8H2,1-6H3. The van der Waals surface area contributed by atoms with Crippen molar-refractivity contribution in [2.45, 2.75) is 46.1 Å². The Balaban J connectivity index is 2.70. The van der Waals surface area contributed by atoms with E-state index in [0.29, 0.717) is 30.3 Å². The molecule has 7 heteroatoms. The largest absolute Gasteiger partial charge is 0.466 e. The minimum absolute atomic E-state index is 0.224. The number of ether oxygens (including phenoxy) is 1. The molecule has 2 rings (SSSR count). The first-order valence-electron chi connectivity index (χ1n) is 8.43. The molecule has 1 N–H and O–H groups in total. The zero-order valence-corrected chi connectivity index (χ0v) is 15.3. The van der Waals surface area contributed by atoms with Gasteiger partial charge in [0.2, 0.25) is 0 Å². The van der Waals surface area contributed by atoms with Gasteiger partial charge >= 0.3 is 11.7 Å². The second-order valence-electron chi connectivity index (χ2n) is 6.91. The van der Waals surface area contributed by atoms with E-state index in [1.54, 1.807) is 14.0 Å². The lowest BCUT2D eigenvalue weighted by Gasteiger charge is -2.38. The summed E-state index contributed by atoms with van der Waals surface area (Å²) in [6.45, 7) is 8.07. The molecule has 3 atom stereocenters. The van der Waals surface area contributed by atoms with Crippen LogP contribution in [-0.2, 0) is 23.6 Å². The topological polar surface area (TPSA) is 82.3 Å². The molecule has 0 saturated carbocycles. The van der Waals surface area contributed by atoms with Crippen molar-refractivity contribution in [3.63, 3.8) is 0 Å². The Hall–Kier alpha value is -2.05. The van der Waals surface area contributed by atoms with Crippen molar-refractivity contribution >= 4 is 11.8 Å². The number of rotatable bonds is 4. The van der Waals surface area contributed by atoms with E-state index in [-0.39, 0.29) is 29.2 Å². The number of hydrogen-bond donors (Lipinski definition) is 1. The van der Waals surface area contributed by atoms with Crippen LogP contribution in [0.2, 0.25) is 0 Å². The maximum absolute atomic E-state index is 12.8. The van der Waals surface area contributed by atoms with Crippen molar-refractivity contribution in [3.05, 3.63) is 26.4 Å². The number of fused-ring (bicyclic) bond motifs is 1. The summed E-state index contributed by atoms with van der Waals surface area (Å²) in [5.74, 6) is -0.218. The summed E-state index contributed by atoms with van der Waals surface area (Å²) in [6, 6.07) is -0.224. The molecule has 0 amide bonds. The molecule has 0 aliphatic carbocycles. The van der Waals surface area contributed by atoms with Crippen LogP contribution in [-0.4, -0.2) is 27.8 Å². The number of nitrogens with zero attached hydrogens (tertiary/aromatic N) is 2. The van der Waals surface area contributed by atoms with E-state index in [2.05, 4.69) is 19.2 Å². The first-order chi connectivity index (χ1) is 11.2. The molecule has 0 bridgehead atoms. The van der Waals surface area contributed by atoms with Gasteiger partial charge in [-0.05, 0) is 26.2 Å². The van der Waals surface area contributed by atoms with Gasteiger partial charge in [0.1, 0.15) is 5.82 Å². The number of carbonyl (C=O) groups is 1. The summed E-state index contributed by atoms with van der Waals surface area (Å²) in [6.07, 6.45) is 0.677. The normalized spacial score (nSPS) is 22.9. The van der Waals surface area contributed by atoms with Crippen LogP contribution in [0.3, 0.4) is 0 Å². The van der Waals surface area contributed by atoms with Gasteiger partial charge in [-0.2, -0.15) is 0 Å². The van der Waals surface area contributed by atoms with E-state index in [0.717, 1.165) is 4.57 Å². The average Bonchev–Trinajstić information content (AvgIpc) is 2.50. The Kier molecular flexibility index (Phi) is 5.20. The van der Waals surface area contributed by atoms with Crippen LogP contribution in [0.25, 0.3) is 0 Å². The summed E-state index contributed by atoms with van der Waals surface area (Å²) in [7, 11) is 3.10. The van der Waals surface area contributed by atoms with Gasteiger partial charge in [-0.15, -0.1) is 0 Å². The average molecular weight is 337 g/mol. The Bertz CT molecular complexity index is 747. The number of hydrogen-bond acceptors (Lipinski definition) is 5. The van der Waals surface area contributed by atoms with Crippen LogP contribution >= 0.6 is 0 Å². The maximum atomic E-state index is 12.8. The summed E-state index contributed by atoms with van der Waals surface area (Å²) in [5, 5.41) is 3.18. The van der Waals surface area contributed by atoms with E-state index in [1.165, 1.54) is 11.6 Å². The first kappa shape index (κ1) is 18.3. The SMILES string of the molecule is CCOC(=O)C1C(C)Nc2c(c(=O)n(C)c(=O)n2C)C1CC(C)C. The van der Waals surface area contributed by atoms with Crippen molar-refractivity contribution in [2.24, 2.45) is 25.9 Å². The highest BCUT2D eigenvalue weighted by molar-refractivity contribution is 5.77. The summed E-state index contributed by atoms with van der Waals surface area (Å²) in [5.41, 5.74) is -0.215. The molecule has 1 aliphatic rings. The molecule has 0 saturated heterocycles. The Morgan fingerprint density at radius 2 is 1.88 bits per heavy atom. The monoisotopic (exact) mass is 337 g/mol.